The Bertz CT molecular complexity index is 494. The normalized spacial score (nSPS) is 12.3. The minimum absolute atomic E-state index is 0.387. The fraction of sp³-hybridized carbons (Fsp3) is 0.692. The van der Waals surface area contributed by atoms with Crippen molar-refractivity contribution < 1.29 is 8.42 Å². The first-order valence-corrected chi connectivity index (χ1v) is 8.27. The van der Waals surface area contributed by atoms with Crippen molar-refractivity contribution in [3.63, 3.8) is 0 Å². The largest absolute Gasteiger partial charge is 0.352 e. The molecule has 0 bridgehead atoms. The summed E-state index contributed by atoms with van der Waals surface area (Å²) in [6.45, 7) is 8.51. The SMILES string of the molecule is CCCN(CC)S(=O)(=O)c1cc(CNCC)n(C)c1. The molecule has 0 saturated heterocycles. The van der Waals surface area contributed by atoms with Crippen LogP contribution in [0.15, 0.2) is 17.2 Å². The van der Waals surface area contributed by atoms with Gasteiger partial charge in [0, 0.05) is 38.6 Å². The van der Waals surface area contributed by atoms with Crippen molar-refractivity contribution in [3.05, 3.63) is 18.0 Å². The lowest BCUT2D eigenvalue weighted by Crippen LogP contribution is -2.31. The number of rotatable bonds is 8. The quantitative estimate of drug-likeness (QED) is 0.789. The molecule has 0 aliphatic heterocycles. The Labute approximate surface area is 116 Å². The van der Waals surface area contributed by atoms with Crippen LogP contribution >= 0.6 is 0 Å². The van der Waals surface area contributed by atoms with Gasteiger partial charge in [-0.3, -0.25) is 0 Å². The summed E-state index contributed by atoms with van der Waals surface area (Å²) >= 11 is 0. The molecule has 0 aliphatic carbocycles. The maximum Gasteiger partial charge on any atom is 0.244 e. The number of nitrogens with one attached hydrogen (secondary N) is 1. The van der Waals surface area contributed by atoms with Crippen LogP contribution in [0.1, 0.15) is 32.9 Å². The molecule has 1 aromatic heterocycles. The number of hydrogen-bond acceptors (Lipinski definition) is 3. The Morgan fingerprint density at radius 1 is 1.32 bits per heavy atom. The van der Waals surface area contributed by atoms with Crippen molar-refractivity contribution in [1.29, 1.82) is 0 Å². The van der Waals surface area contributed by atoms with E-state index in [4.69, 9.17) is 0 Å². The van der Waals surface area contributed by atoms with Crippen molar-refractivity contribution in [2.75, 3.05) is 19.6 Å². The molecule has 0 saturated carbocycles. The van der Waals surface area contributed by atoms with E-state index in [2.05, 4.69) is 5.32 Å². The number of nitrogens with zero attached hydrogens (tertiary/aromatic N) is 2. The minimum atomic E-state index is -3.36. The Morgan fingerprint density at radius 2 is 2.00 bits per heavy atom. The molecule has 1 N–H and O–H groups in total. The van der Waals surface area contributed by atoms with Gasteiger partial charge < -0.3 is 9.88 Å². The van der Waals surface area contributed by atoms with Crippen molar-refractivity contribution in [1.82, 2.24) is 14.2 Å². The van der Waals surface area contributed by atoms with Crippen LogP contribution in [-0.2, 0) is 23.6 Å². The first-order valence-electron chi connectivity index (χ1n) is 6.83. The first kappa shape index (κ1) is 16.2. The zero-order chi connectivity index (χ0) is 14.5. The third-order valence-electron chi connectivity index (χ3n) is 3.10. The van der Waals surface area contributed by atoms with E-state index in [-0.39, 0.29) is 0 Å². The predicted molar refractivity (Wildman–Crippen MR) is 77.5 cm³/mol. The first-order chi connectivity index (χ1) is 8.97. The Kier molecular flexibility index (Phi) is 6.03. The van der Waals surface area contributed by atoms with Crippen LogP contribution < -0.4 is 5.32 Å². The summed E-state index contributed by atoms with van der Waals surface area (Å²) in [5, 5.41) is 3.21. The van der Waals surface area contributed by atoms with Gasteiger partial charge >= 0.3 is 0 Å². The monoisotopic (exact) mass is 287 g/mol. The van der Waals surface area contributed by atoms with E-state index in [1.165, 1.54) is 4.31 Å². The van der Waals surface area contributed by atoms with Gasteiger partial charge in [0.1, 0.15) is 4.90 Å². The van der Waals surface area contributed by atoms with Crippen molar-refractivity contribution >= 4 is 10.0 Å². The van der Waals surface area contributed by atoms with Crippen molar-refractivity contribution in [2.45, 2.75) is 38.6 Å². The zero-order valence-electron chi connectivity index (χ0n) is 12.3. The average Bonchev–Trinajstić information content (AvgIpc) is 2.75. The van der Waals surface area contributed by atoms with Crippen LogP contribution in [0.25, 0.3) is 0 Å². The molecule has 0 aromatic carbocycles. The summed E-state index contributed by atoms with van der Waals surface area (Å²) in [7, 11) is -1.48. The lowest BCUT2D eigenvalue weighted by molar-refractivity contribution is 0.427. The van der Waals surface area contributed by atoms with E-state index < -0.39 is 10.0 Å². The van der Waals surface area contributed by atoms with Crippen LogP contribution in [0.4, 0.5) is 0 Å². The Hall–Kier alpha value is -0.850. The molecule has 0 atom stereocenters. The van der Waals surface area contributed by atoms with Gasteiger partial charge in [-0.25, -0.2) is 8.42 Å². The van der Waals surface area contributed by atoms with Crippen LogP contribution in [0.3, 0.4) is 0 Å². The van der Waals surface area contributed by atoms with Gasteiger partial charge in [0.2, 0.25) is 10.0 Å². The molecule has 110 valence electrons. The van der Waals surface area contributed by atoms with Crippen molar-refractivity contribution in [3.8, 4) is 0 Å². The highest BCUT2D eigenvalue weighted by molar-refractivity contribution is 7.89. The molecule has 1 heterocycles. The molecule has 0 amide bonds. The van der Waals surface area contributed by atoms with Crippen LogP contribution in [-0.4, -0.2) is 36.9 Å². The second kappa shape index (κ2) is 7.07. The molecular formula is C13H25N3O2S. The van der Waals surface area contributed by atoms with E-state index in [0.29, 0.717) is 24.5 Å². The smallest absolute Gasteiger partial charge is 0.244 e. The molecule has 0 unspecified atom stereocenters. The van der Waals surface area contributed by atoms with E-state index in [9.17, 15) is 8.42 Å². The highest BCUT2D eigenvalue weighted by atomic mass is 32.2. The van der Waals surface area contributed by atoms with Gasteiger partial charge in [0.05, 0.1) is 0 Å². The second-order valence-corrected chi connectivity index (χ2v) is 6.49. The fourth-order valence-corrected chi connectivity index (χ4v) is 3.63. The maximum absolute atomic E-state index is 12.5. The molecule has 0 fully saturated rings. The van der Waals surface area contributed by atoms with Gasteiger partial charge in [0.15, 0.2) is 0 Å². The molecule has 0 spiro atoms. The summed E-state index contributed by atoms with van der Waals surface area (Å²) in [6.07, 6.45) is 2.52. The number of sulfonamides is 1. The highest BCUT2D eigenvalue weighted by Crippen LogP contribution is 2.18. The standard InChI is InChI=1S/C13H25N3O2S/c1-5-8-16(7-3)19(17,18)13-9-12(10-14-6-2)15(4)11-13/h9,11,14H,5-8,10H2,1-4H3. The third kappa shape index (κ3) is 3.81. The fourth-order valence-electron chi connectivity index (χ4n) is 1.99. The van der Waals surface area contributed by atoms with Gasteiger partial charge in [0.25, 0.3) is 0 Å². The molecule has 5 nitrogen and oxygen atoms in total. The summed E-state index contributed by atoms with van der Waals surface area (Å²) in [4.78, 5) is 0.387. The van der Waals surface area contributed by atoms with Gasteiger partial charge in [-0.2, -0.15) is 4.31 Å². The highest BCUT2D eigenvalue weighted by Gasteiger charge is 2.24. The average molecular weight is 287 g/mol. The third-order valence-corrected chi connectivity index (χ3v) is 5.04. The molecule has 0 radical (unpaired) electrons. The second-order valence-electron chi connectivity index (χ2n) is 4.56. The molecular weight excluding hydrogens is 262 g/mol. The molecule has 19 heavy (non-hydrogen) atoms. The Morgan fingerprint density at radius 3 is 2.53 bits per heavy atom. The predicted octanol–water partition coefficient (Wildman–Crippen LogP) is 1.56. The Balaban J connectivity index is 3.01. The minimum Gasteiger partial charge on any atom is -0.352 e. The molecule has 0 aliphatic rings. The number of aromatic nitrogens is 1. The van der Waals surface area contributed by atoms with E-state index >= 15 is 0 Å². The van der Waals surface area contributed by atoms with E-state index in [1.54, 1.807) is 12.3 Å². The molecule has 6 heteroatoms. The summed E-state index contributed by atoms with van der Waals surface area (Å²) in [6, 6.07) is 1.76. The molecule has 1 aromatic rings. The number of aryl methyl sites for hydroxylation is 1. The zero-order valence-corrected chi connectivity index (χ0v) is 13.1. The molecule has 1 rings (SSSR count). The summed E-state index contributed by atoms with van der Waals surface area (Å²) in [5.41, 5.74) is 0.980. The van der Waals surface area contributed by atoms with E-state index in [1.807, 2.05) is 32.4 Å². The maximum atomic E-state index is 12.5. The summed E-state index contributed by atoms with van der Waals surface area (Å²) < 4.78 is 28.4. The van der Waals surface area contributed by atoms with Crippen LogP contribution in [0.2, 0.25) is 0 Å². The van der Waals surface area contributed by atoms with Crippen LogP contribution in [0.5, 0.6) is 0 Å². The lowest BCUT2D eigenvalue weighted by Gasteiger charge is -2.18. The lowest BCUT2D eigenvalue weighted by atomic mass is 10.4. The van der Waals surface area contributed by atoms with Gasteiger partial charge in [-0.15, -0.1) is 0 Å². The van der Waals surface area contributed by atoms with Crippen LogP contribution in [0, 0.1) is 0 Å². The topological polar surface area (TPSA) is 54.3 Å². The van der Waals surface area contributed by atoms with Gasteiger partial charge in [-0.05, 0) is 19.0 Å². The van der Waals surface area contributed by atoms with E-state index in [0.717, 1.165) is 18.7 Å². The van der Waals surface area contributed by atoms with Crippen molar-refractivity contribution in [2.24, 2.45) is 7.05 Å². The number of hydrogen-bond donors (Lipinski definition) is 1. The van der Waals surface area contributed by atoms with Gasteiger partial charge in [-0.1, -0.05) is 20.8 Å². The summed E-state index contributed by atoms with van der Waals surface area (Å²) in [5.74, 6) is 0.